The summed E-state index contributed by atoms with van der Waals surface area (Å²) in [6.07, 6.45) is 5.47. The molecule has 4 unspecified atom stereocenters. The topological polar surface area (TPSA) is 61.8 Å². The first-order valence-corrected chi connectivity index (χ1v) is 8.45. The third kappa shape index (κ3) is 4.18. The lowest BCUT2D eigenvalue weighted by molar-refractivity contribution is -0.123. The minimum absolute atomic E-state index is 0.119. The summed E-state index contributed by atoms with van der Waals surface area (Å²) in [4.78, 5) is 14.2. The Hall–Kier alpha value is -0.650. The van der Waals surface area contributed by atoms with Crippen LogP contribution in [0.2, 0.25) is 0 Å². The SMILES string of the molecule is O=C(CC1CC2CCC1C2)NCC(O)CN1CCOCC1. The Morgan fingerprint density at radius 3 is 2.76 bits per heavy atom. The summed E-state index contributed by atoms with van der Waals surface area (Å²) in [6, 6.07) is 0. The lowest BCUT2D eigenvalue weighted by atomic mass is 9.86. The van der Waals surface area contributed by atoms with Gasteiger partial charge in [0.05, 0.1) is 19.3 Å². The number of carbonyl (C=O) groups excluding carboxylic acids is 1. The molecule has 0 radical (unpaired) electrons. The predicted octanol–water partition coefficient (Wildman–Crippen LogP) is 0.622. The molecule has 2 bridgehead atoms. The summed E-state index contributed by atoms with van der Waals surface area (Å²) in [5.41, 5.74) is 0. The van der Waals surface area contributed by atoms with Crippen molar-refractivity contribution < 1.29 is 14.6 Å². The van der Waals surface area contributed by atoms with Gasteiger partial charge in [0.25, 0.3) is 0 Å². The first kappa shape index (κ1) is 15.3. The minimum Gasteiger partial charge on any atom is -0.390 e. The molecule has 0 aromatic heterocycles. The lowest BCUT2D eigenvalue weighted by Crippen LogP contribution is -2.44. The molecule has 1 heterocycles. The van der Waals surface area contributed by atoms with E-state index in [0.717, 1.165) is 38.1 Å². The van der Waals surface area contributed by atoms with Crippen molar-refractivity contribution in [1.82, 2.24) is 10.2 Å². The fraction of sp³-hybridized carbons (Fsp3) is 0.938. The third-order valence-electron chi connectivity index (χ3n) is 5.44. The van der Waals surface area contributed by atoms with E-state index in [-0.39, 0.29) is 5.91 Å². The van der Waals surface area contributed by atoms with E-state index in [2.05, 4.69) is 10.2 Å². The van der Waals surface area contributed by atoms with Crippen molar-refractivity contribution >= 4 is 5.91 Å². The van der Waals surface area contributed by atoms with Crippen LogP contribution in [0.5, 0.6) is 0 Å². The van der Waals surface area contributed by atoms with Gasteiger partial charge in [-0.1, -0.05) is 6.42 Å². The number of morpholine rings is 1. The van der Waals surface area contributed by atoms with Gasteiger partial charge in [-0.25, -0.2) is 0 Å². The minimum atomic E-state index is -0.480. The Morgan fingerprint density at radius 1 is 1.29 bits per heavy atom. The molecule has 5 nitrogen and oxygen atoms in total. The first-order chi connectivity index (χ1) is 10.2. The van der Waals surface area contributed by atoms with E-state index >= 15 is 0 Å². The monoisotopic (exact) mass is 296 g/mol. The molecule has 21 heavy (non-hydrogen) atoms. The normalized spacial score (nSPS) is 34.0. The van der Waals surface area contributed by atoms with Crippen molar-refractivity contribution in [2.75, 3.05) is 39.4 Å². The van der Waals surface area contributed by atoms with Crippen LogP contribution in [-0.2, 0) is 9.53 Å². The second-order valence-electron chi connectivity index (χ2n) is 7.01. The number of ether oxygens (including phenoxy) is 1. The van der Waals surface area contributed by atoms with Gasteiger partial charge in [-0.3, -0.25) is 9.69 Å². The number of rotatable bonds is 6. The molecule has 5 heteroatoms. The molecular formula is C16H28N2O3. The molecule has 1 saturated heterocycles. The van der Waals surface area contributed by atoms with E-state index in [1.54, 1.807) is 0 Å². The van der Waals surface area contributed by atoms with E-state index in [1.165, 1.54) is 25.7 Å². The number of carbonyl (C=O) groups is 1. The Morgan fingerprint density at radius 2 is 2.10 bits per heavy atom. The van der Waals surface area contributed by atoms with Gasteiger partial charge in [-0.05, 0) is 37.0 Å². The predicted molar refractivity (Wildman–Crippen MR) is 79.8 cm³/mol. The largest absolute Gasteiger partial charge is 0.390 e. The quantitative estimate of drug-likeness (QED) is 0.754. The maximum atomic E-state index is 12.0. The number of aliphatic hydroxyl groups is 1. The summed E-state index contributed by atoms with van der Waals surface area (Å²) in [7, 11) is 0. The van der Waals surface area contributed by atoms with E-state index in [9.17, 15) is 9.90 Å². The highest BCUT2D eigenvalue weighted by Gasteiger charge is 2.40. The summed E-state index contributed by atoms with van der Waals surface area (Å²) in [5.74, 6) is 2.40. The number of nitrogens with zero attached hydrogens (tertiary/aromatic N) is 1. The molecular weight excluding hydrogens is 268 g/mol. The highest BCUT2D eigenvalue weighted by Crippen LogP contribution is 2.49. The van der Waals surface area contributed by atoms with Crippen molar-refractivity contribution in [1.29, 1.82) is 0 Å². The first-order valence-electron chi connectivity index (χ1n) is 8.45. The maximum Gasteiger partial charge on any atom is 0.220 e. The number of hydrogen-bond donors (Lipinski definition) is 2. The van der Waals surface area contributed by atoms with Crippen LogP contribution in [0.4, 0.5) is 0 Å². The highest BCUT2D eigenvalue weighted by molar-refractivity contribution is 5.76. The Labute approximate surface area is 127 Å². The molecule has 2 N–H and O–H groups in total. The molecule has 3 aliphatic rings. The number of β-amino-alcohol motifs (C(OH)–C–C–N with tert-alkyl or cyclic N) is 1. The molecule has 0 spiro atoms. The lowest BCUT2D eigenvalue weighted by Gasteiger charge is -2.28. The van der Waals surface area contributed by atoms with Crippen molar-refractivity contribution in [2.24, 2.45) is 17.8 Å². The summed E-state index contributed by atoms with van der Waals surface area (Å²) < 4.78 is 5.28. The Kier molecular flexibility index (Phi) is 5.14. The van der Waals surface area contributed by atoms with Gasteiger partial charge in [0, 0.05) is 32.6 Å². The van der Waals surface area contributed by atoms with Gasteiger partial charge in [0.2, 0.25) is 5.91 Å². The van der Waals surface area contributed by atoms with Crippen LogP contribution in [0, 0.1) is 17.8 Å². The second kappa shape index (κ2) is 7.07. The molecule has 3 fully saturated rings. The van der Waals surface area contributed by atoms with Gasteiger partial charge >= 0.3 is 0 Å². The second-order valence-corrected chi connectivity index (χ2v) is 7.01. The fourth-order valence-electron chi connectivity index (χ4n) is 4.31. The maximum absolute atomic E-state index is 12.0. The molecule has 0 aromatic carbocycles. The van der Waals surface area contributed by atoms with E-state index < -0.39 is 6.10 Å². The number of hydrogen-bond acceptors (Lipinski definition) is 4. The van der Waals surface area contributed by atoms with Gasteiger partial charge in [-0.2, -0.15) is 0 Å². The van der Waals surface area contributed by atoms with E-state index in [0.29, 0.717) is 25.4 Å². The number of nitrogens with one attached hydrogen (secondary N) is 1. The van der Waals surface area contributed by atoms with Crippen molar-refractivity contribution in [2.45, 2.75) is 38.2 Å². The zero-order chi connectivity index (χ0) is 14.7. The van der Waals surface area contributed by atoms with Crippen molar-refractivity contribution in [3.05, 3.63) is 0 Å². The Bertz CT molecular complexity index is 357. The van der Waals surface area contributed by atoms with Crippen LogP contribution in [0.25, 0.3) is 0 Å². The summed E-state index contributed by atoms with van der Waals surface area (Å²) in [5, 5.41) is 12.9. The molecule has 3 rings (SSSR count). The van der Waals surface area contributed by atoms with Gasteiger partial charge < -0.3 is 15.2 Å². The molecule has 0 aromatic rings. The molecule has 2 saturated carbocycles. The van der Waals surface area contributed by atoms with Gasteiger partial charge in [0.15, 0.2) is 0 Å². The summed E-state index contributed by atoms with van der Waals surface area (Å²) >= 11 is 0. The number of aliphatic hydroxyl groups excluding tert-OH is 1. The average Bonchev–Trinajstić information content (AvgIpc) is 3.09. The van der Waals surface area contributed by atoms with Crippen LogP contribution >= 0.6 is 0 Å². The Balaban J connectivity index is 1.31. The third-order valence-corrected chi connectivity index (χ3v) is 5.44. The van der Waals surface area contributed by atoms with Crippen LogP contribution < -0.4 is 5.32 Å². The summed E-state index contributed by atoms with van der Waals surface area (Å²) in [6.45, 7) is 4.22. The standard InChI is InChI=1S/C16H28N2O3/c19-15(11-18-3-5-21-6-4-18)10-17-16(20)9-14-8-12-1-2-13(14)7-12/h12-15,19H,1-11H2,(H,17,20). The van der Waals surface area contributed by atoms with E-state index in [1.807, 2.05) is 0 Å². The number of amides is 1. The molecule has 2 aliphatic carbocycles. The molecule has 120 valence electrons. The van der Waals surface area contributed by atoms with Gasteiger partial charge in [0.1, 0.15) is 0 Å². The van der Waals surface area contributed by atoms with Gasteiger partial charge in [-0.15, -0.1) is 0 Å². The van der Waals surface area contributed by atoms with Crippen molar-refractivity contribution in [3.63, 3.8) is 0 Å². The van der Waals surface area contributed by atoms with Crippen LogP contribution in [0.1, 0.15) is 32.1 Å². The average molecular weight is 296 g/mol. The van der Waals surface area contributed by atoms with Crippen LogP contribution in [0.15, 0.2) is 0 Å². The molecule has 4 atom stereocenters. The fourth-order valence-corrected chi connectivity index (χ4v) is 4.31. The smallest absolute Gasteiger partial charge is 0.220 e. The zero-order valence-corrected chi connectivity index (χ0v) is 12.8. The van der Waals surface area contributed by atoms with Crippen LogP contribution in [-0.4, -0.2) is 61.4 Å². The van der Waals surface area contributed by atoms with Crippen molar-refractivity contribution in [3.8, 4) is 0 Å². The zero-order valence-electron chi connectivity index (χ0n) is 12.8. The molecule has 1 aliphatic heterocycles. The van der Waals surface area contributed by atoms with E-state index in [4.69, 9.17) is 4.74 Å². The van der Waals surface area contributed by atoms with Crippen LogP contribution in [0.3, 0.4) is 0 Å². The number of fused-ring (bicyclic) bond motifs is 2. The molecule has 1 amide bonds. The highest BCUT2D eigenvalue weighted by atomic mass is 16.5.